The Balaban J connectivity index is 1.38. The Morgan fingerprint density at radius 2 is 1.92 bits per heavy atom. The molecule has 0 aromatic heterocycles. The van der Waals surface area contributed by atoms with Gasteiger partial charge >= 0.3 is 0 Å². The minimum atomic E-state index is -0.145. The molecule has 1 N–H and O–H groups in total. The molecule has 142 valence electrons. The van der Waals surface area contributed by atoms with Crippen LogP contribution in [-0.4, -0.2) is 55.7 Å². The summed E-state index contributed by atoms with van der Waals surface area (Å²) >= 11 is 5.89. The predicted octanol–water partition coefficient (Wildman–Crippen LogP) is 2.25. The van der Waals surface area contributed by atoms with Crippen molar-refractivity contribution in [2.45, 2.75) is 31.7 Å². The van der Waals surface area contributed by atoms with E-state index in [9.17, 15) is 9.59 Å². The van der Waals surface area contributed by atoms with E-state index in [0.29, 0.717) is 37.1 Å². The molecule has 2 amide bonds. The zero-order valence-electron chi connectivity index (χ0n) is 14.8. The molecule has 0 bridgehead atoms. The van der Waals surface area contributed by atoms with Crippen LogP contribution < -0.4 is 10.1 Å². The molecule has 1 aliphatic heterocycles. The van der Waals surface area contributed by atoms with E-state index in [0.717, 1.165) is 25.7 Å². The van der Waals surface area contributed by atoms with Crippen LogP contribution in [0.4, 0.5) is 0 Å². The summed E-state index contributed by atoms with van der Waals surface area (Å²) in [6.07, 6.45) is 3.28. The number of hydrogen-bond donors (Lipinski definition) is 1. The average molecular weight is 381 g/mol. The summed E-state index contributed by atoms with van der Waals surface area (Å²) < 4.78 is 10.8. The van der Waals surface area contributed by atoms with Crippen molar-refractivity contribution in [1.29, 1.82) is 0 Å². The maximum Gasteiger partial charge on any atom is 0.258 e. The second-order valence-electron chi connectivity index (χ2n) is 6.80. The Morgan fingerprint density at radius 3 is 2.62 bits per heavy atom. The summed E-state index contributed by atoms with van der Waals surface area (Å²) in [7, 11) is 0. The Labute approximate surface area is 158 Å². The highest BCUT2D eigenvalue weighted by molar-refractivity contribution is 6.30. The Morgan fingerprint density at radius 1 is 1.19 bits per heavy atom. The third-order valence-electron chi connectivity index (χ3n) is 4.93. The van der Waals surface area contributed by atoms with Crippen LogP contribution in [0.15, 0.2) is 24.3 Å². The molecular formula is C19H25ClN2O4. The van der Waals surface area contributed by atoms with Gasteiger partial charge in [-0.2, -0.15) is 0 Å². The van der Waals surface area contributed by atoms with Crippen molar-refractivity contribution in [3.8, 4) is 5.75 Å². The fourth-order valence-electron chi connectivity index (χ4n) is 3.50. The number of rotatable bonds is 5. The second kappa shape index (κ2) is 9.24. The fraction of sp³-hybridized carbons (Fsp3) is 0.579. The maximum atomic E-state index is 12.5. The smallest absolute Gasteiger partial charge is 0.258 e. The second-order valence-corrected chi connectivity index (χ2v) is 7.24. The summed E-state index contributed by atoms with van der Waals surface area (Å²) in [6.45, 7) is 2.60. The SMILES string of the molecule is O=C(COc1cccc(Cl)c1)NC1CCC(C(=O)N2CCOCC2)CC1. The molecule has 1 aromatic carbocycles. The number of morpholine rings is 1. The van der Waals surface area contributed by atoms with Gasteiger partial charge in [-0.3, -0.25) is 9.59 Å². The van der Waals surface area contributed by atoms with E-state index in [1.54, 1.807) is 24.3 Å². The molecule has 1 saturated heterocycles. The number of hydrogen-bond acceptors (Lipinski definition) is 4. The number of amides is 2. The van der Waals surface area contributed by atoms with Crippen LogP contribution >= 0.6 is 11.6 Å². The molecule has 1 heterocycles. The van der Waals surface area contributed by atoms with Gasteiger partial charge in [-0.25, -0.2) is 0 Å². The molecule has 3 rings (SSSR count). The van der Waals surface area contributed by atoms with E-state index < -0.39 is 0 Å². The highest BCUT2D eigenvalue weighted by atomic mass is 35.5. The molecule has 26 heavy (non-hydrogen) atoms. The number of ether oxygens (including phenoxy) is 2. The summed E-state index contributed by atoms with van der Waals surface area (Å²) in [6, 6.07) is 7.09. The zero-order chi connectivity index (χ0) is 18.4. The first-order valence-electron chi connectivity index (χ1n) is 9.16. The third kappa shape index (κ3) is 5.35. The van der Waals surface area contributed by atoms with Gasteiger partial charge in [0.2, 0.25) is 5.91 Å². The van der Waals surface area contributed by atoms with Crippen LogP contribution in [-0.2, 0) is 14.3 Å². The normalized spacial score (nSPS) is 23.3. The summed E-state index contributed by atoms with van der Waals surface area (Å²) in [5.74, 6) is 0.742. The fourth-order valence-corrected chi connectivity index (χ4v) is 3.68. The number of carbonyl (C=O) groups excluding carboxylic acids is 2. The van der Waals surface area contributed by atoms with Gasteiger partial charge in [-0.05, 0) is 43.9 Å². The standard InChI is InChI=1S/C19H25ClN2O4/c20-15-2-1-3-17(12-15)26-13-18(23)21-16-6-4-14(5-7-16)19(24)22-8-10-25-11-9-22/h1-3,12,14,16H,4-11,13H2,(H,21,23). The summed E-state index contributed by atoms with van der Waals surface area (Å²) in [5.41, 5.74) is 0. The molecule has 0 atom stereocenters. The minimum absolute atomic E-state index is 0.0347. The van der Waals surface area contributed by atoms with Crippen LogP contribution in [0.2, 0.25) is 5.02 Å². The van der Waals surface area contributed by atoms with Crippen molar-refractivity contribution >= 4 is 23.4 Å². The summed E-state index contributed by atoms with van der Waals surface area (Å²) in [5, 5.41) is 3.58. The highest BCUT2D eigenvalue weighted by Crippen LogP contribution is 2.26. The first-order valence-corrected chi connectivity index (χ1v) is 9.54. The highest BCUT2D eigenvalue weighted by Gasteiger charge is 2.30. The number of halogens is 1. The van der Waals surface area contributed by atoms with E-state index >= 15 is 0 Å². The van der Waals surface area contributed by atoms with E-state index in [-0.39, 0.29) is 30.4 Å². The lowest BCUT2D eigenvalue weighted by Crippen LogP contribution is -2.46. The maximum absolute atomic E-state index is 12.5. The molecular weight excluding hydrogens is 356 g/mol. The van der Waals surface area contributed by atoms with Crippen molar-refractivity contribution < 1.29 is 19.1 Å². The Bertz CT molecular complexity index is 626. The largest absolute Gasteiger partial charge is 0.484 e. The van der Waals surface area contributed by atoms with Gasteiger partial charge in [0.25, 0.3) is 5.91 Å². The molecule has 1 saturated carbocycles. The Kier molecular flexibility index (Phi) is 6.74. The quantitative estimate of drug-likeness (QED) is 0.850. The van der Waals surface area contributed by atoms with Crippen molar-refractivity contribution in [3.05, 3.63) is 29.3 Å². The lowest BCUT2D eigenvalue weighted by atomic mass is 9.85. The van der Waals surface area contributed by atoms with Gasteiger partial charge in [-0.15, -0.1) is 0 Å². The van der Waals surface area contributed by atoms with E-state index in [2.05, 4.69) is 5.32 Å². The first kappa shape index (κ1) is 19.0. The number of nitrogens with one attached hydrogen (secondary N) is 1. The van der Waals surface area contributed by atoms with Crippen molar-refractivity contribution in [2.75, 3.05) is 32.9 Å². The Hall–Kier alpha value is -1.79. The van der Waals surface area contributed by atoms with Gasteiger partial charge in [0.1, 0.15) is 5.75 Å². The topological polar surface area (TPSA) is 67.9 Å². The van der Waals surface area contributed by atoms with Crippen LogP contribution in [0.1, 0.15) is 25.7 Å². The van der Waals surface area contributed by atoms with Gasteiger partial charge in [0.15, 0.2) is 6.61 Å². The van der Waals surface area contributed by atoms with Gasteiger partial charge < -0.3 is 19.7 Å². The molecule has 0 spiro atoms. The molecule has 6 nitrogen and oxygen atoms in total. The van der Waals surface area contributed by atoms with Crippen LogP contribution in [0, 0.1) is 5.92 Å². The number of carbonyl (C=O) groups is 2. The molecule has 1 aliphatic carbocycles. The van der Waals surface area contributed by atoms with E-state index in [1.165, 1.54) is 0 Å². The van der Waals surface area contributed by atoms with Gasteiger partial charge in [0.05, 0.1) is 13.2 Å². The predicted molar refractivity (Wildman–Crippen MR) is 98.2 cm³/mol. The minimum Gasteiger partial charge on any atom is -0.484 e. The van der Waals surface area contributed by atoms with Crippen LogP contribution in [0.25, 0.3) is 0 Å². The number of benzene rings is 1. The van der Waals surface area contributed by atoms with Crippen molar-refractivity contribution in [2.24, 2.45) is 5.92 Å². The first-order chi connectivity index (χ1) is 12.6. The molecule has 7 heteroatoms. The third-order valence-corrected chi connectivity index (χ3v) is 5.17. The summed E-state index contributed by atoms with van der Waals surface area (Å²) in [4.78, 5) is 26.5. The van der Waals surface area contributed by atoms with E-state index in [1.807, 2.05) is 4.90 Å². The molecule has 0 unspecified atom stereocenters. The van der Waals surface area contributed by atoms with Gasteiger partial charge in [-0.1, -0.05) is 17.7 Å². The van der Waals surface area contributed by atoms with Crippen molar-refractivity contribution in [3.63, 3.8) is 0 Å². The molecule has 2 fully saturated rings. The van der Waals surface area contributed by atoms with Crippen LogP contribution in [0.5, 0.6) is 5.75 Å². The van der Waals surface area contributed by atoms with Gasteiger partial charge in [0, 0.05) is 30.1 Å². The van der Waals surface area contributed by atoms with E-state index in [4.69, 9.17) is 21.1 Å². The van der Waals surface area contributed by atoms with Crippen molar-refractivity contribution in [1.82, 2.24) is 10.2 Å². The molecule has 2 aliphatic rings. The zero-order valence-corrected chi connectivity index (χ0v) is 15.5. The molecule has 0 radical (unpaired) electrons. The van der Waals surface area contributed by atoms with Crippen LogP contribution in [0.3, 0.4) is 0 Å². The number of nitrogens with zero attached hydrogens (tertiary/aromatic N) is 1. The molecule has 1 aromatic rings. The monoisotopic (exact) mass is 380 g/mol. The lowest BCUT2D eigenvalue weighted by molar-refractivity contribution is -0.140. The average Bonchev–Trinajstić information content (AvgIpc) is 2.67. The lowest BCUT2D eigenvalue weighted by Gasteiger charge is -2.34.